The van der Waals surface area contributed by atoms with Gasteiger partial charge in [-0.15, -0.1) is 0 Å². The number of H-pyrrole nitrogens is 1. The van der Waals surface area contributed by atoms with Crippen LogP contribution in [0.4, 0.5) is 8.78 Å². The topological polar surface area (TPSA) is 69.1 Å². The highest BCUT2D eigenvalue weighted by molar-refractivity contribution is 5.80. The van der Waals surface area contributed by atoms with Crippen molar-refractivity contribution < 1.29 is 19.0 Å². The number of nitrogens with zero attached hydrogens (tertiary/aromatic N) is 1. The zero-order valence-corrected chi connectivity index (χ0v) is 9.48. The normalized spacial score (nSPS) is 11.1. The van der Waals surface area contributed by atoms with Crippen molar-refractivity contribution in [3.63, 3.8) is 0 Å². The molecule has 2 aromatic carbocycles. The first-order chi connectivity index (χ1) is 9.02. The number of hydrogen-bond acceptors (Lipinski definition) is 3. The molecule has 0 aliphatic rings. The number of fused-ring (bicyclic) bond motifs is 1. The molecule has 0 atom stereocenters. The van der Waals surface area contributed by atoms with Gasteiger partial charge in [0.1, 0.15) is 17.3 Å². The molecule has 3 rings (SSSR count). The minimum absolute atomic E-state index is 0.132. The Hall–Kier alpha value is -2.63. The summed E-state index contributed by atoms with van der Waals surface area (Å²) < 4.78 is 26.2. The molecule has 1 aromatic heterocycles. The Morgan fingerprint density at radius 1 is 0.895 bits per heavy atom. The molecule has 19 heavy (non-hydrogen) atoms. The second-order valence-corrected chi connectivity index (χ2v) is 4.11. The van der Waals surface area contributed by atoms with Gasteiger partial charge in [-0.25, -0.2) is 13.8 Å². The van der Waals surface area contributed by atoms with Crippen molar-refractivity contribution in [2.45, 2.75) is 0 Å². The maximum atomic E-state index is 13.1. The smallest absolute Gasteiger partial charge is 0.161 e. The maximum Gasteiger partial charge on any atom is 0.161 e. The largest absolute Gasteiger partial charge is 0.508 e. The molecule has 1 heterocycles. The standard InChI is InChI=1S/C13H8F2N2O2/c14-9-4-11-12(5-10(9)15)17-13(16-11)6-1-7(18)3-8(19)2-6/h1-5,18-19H,(H,16,17). The number of phenolic OH excluding ortho intramolecular Hbond substituents is 2. The molecule has 0 spiro atoms. The average molecular weight is 262 g/mol. The summed E-state index contributed by atoms with van der Waals surface area (Å²) in [6, 6.07) is 5.91. The molecule has 6 heteroatoms. The Bertz CT molecular complexity index is 724. The summed E-state index contributed by atoms with van der Waals surface area (Å²) in [6.45, 7) is 0. The van der Waals surface area contributed by atoms with Gasteiger partial charge in [0.2, 0.25) is 0 Å². The summed E-state index contributed by atoms with van der Waals surface area (Å²) in [4.78, 5) is 6.88. The first-order valence-electron chi connectivity index (χ1n) is 5.41. The lowest BCUT2D eigenvalue weighted by atomic mass is 10.2. The van der Waals surface area contributed by atoms with Crippen LogP contribution in [0.25, 0.3) is 22.4 Å². The molecule has 3 aromatic rings. The zero-order chi connectivity index (χ0) is 13.6. The molecule has 4 nitrogen and oxygen atoms in total. The van der Waals surface area contributed by atoms with E-state index < -0.39 is 11.6 Å². The molecule has 3 N–H and O–H groups in total. The summed E-state index contributed by atoms with van der Waals surface area (Å²) in [5, 5.41) is 18.8. The summed E-state index contributed by atoms with van der Waals surface area (Å²) in [7, 11) is 0. The summed E-state index contributed by atoms with van der Waals surface area (Å²) in [5.74, 6) is -1.92. The number of imidazole rings is 1. The van der Waals surface area contributed by atoms with Gasteiger partial charge < -0.3 is 15.2 Å². The van der Waals surface area contributed by atoms with E-state index in [-0.39, 0.29) is 17.0 Å². The van der Waals surface area contributed by atoms with Gasteiger partial charge in [0, 0.05) is 23.8 Å². The lowest BCUT2D eigenvalue weighted by Crippen LogP contribution is -1.82. The van der Waals surface area contributed by atoms with Crippen molar-refractivity contribution in [3.05, 3.63) is 42.0 Å². The van der Waals surface area contributed by atoms with Crippen LogP contribution in [0.2, 0.25) is 0 Å². The second-order valence-electron chi connectivity index (χ2n) is 4.11. The van der Waals surface area contributed by atoms with Gasteiger partial charge in [-0.1, -0.05) is 0 Å². The predicted octanol–water partition coefficient (Wildman–Crippen LogP) is 2.92. The highest BCUT2D eigenvalue weighted by Gasteiger charge is 2.11. The van der Waals surface area contributed by atoms with E-state index in [1.807, 2.05) is 0 Å². The van der Waals surface area contributed by atoms with Crippen molar-refractivity contribution in [2.75, 3.05) is 0 Å². The van der Waals surface area contributed by atoms with Crippen molar-refractivity contribution in [2.24, 2.45) is 0 Å². The zero-order valence-electron chi connectivity index (χ0n) is 9.48. The SMILES string of the molecule is Oc1cc(O)cc(-c2nc3cc(F)c(F)cc3[nH]2)c1. The highest BCUT2D eigenvalue weighted by atomic mass is 19.2. The molecule has 0 aliphatic carbocycles. The van der Waals surface area contributed by atoms with E-state index >= 15 is 0 Å². The van der Waals surface area contributed by atoms with Crippen LogP contribution >= 0.6 is 0 Å². The Balaban J connectivity index is 2.20. The maximum absolute atomic E-state index is 13.1. The number of nitrogens with one attached hydrogen (secondary N) is 1. The van der Waals surface area contributed by atoms with E-state index in [4.69, 9.17) is 0 Å². The number of rotatable bonds is 1. The minimum atomic E-state index is -0.982. The van der Waals surface area contributed by atoms with Crippen LogP contribution in [0, 0.1) is 11.6 Å². The Labute approximate surface area is 106 Å². The predicted molar refractivity (Wildman–Crippen MR) is 64.8 cm³/mol. The second kappa shape index (κ2) is 3.94. The van der Waals surface area contributed by atoms with Gasteiger partial charge in [0.05, 0.1) is 11.0 Å². The van der Waals surface area contributed by atoms with Crippen LogP contribution in [0.1, 0.15) is 0 Å². The molecular weight excluding hydrogens is 254 g/mol. The van der Waals surface area contributed by atoms with Crippen LogP contribution in [0.5, 0.6) is 11.5 Å². The Morgan fingerprint density at radius 2 is 1.53 bits per heavy atom. The fourth-order valence-electron chi connectivity index (χ4n) is 1.87. The average Bonchev–Trinajstić information content (AvgIpc) is 2.71. The van der Waals surface area contributed by atoms with Crippen molar-refractivity contribution in [1.29, 1.82) is 0 Å². The molecule has 0 saturated heterocycles. The first kappa shape index (κ1) is 11.5. The van der Waals surface area contributed by atoms with Gasteiger partial charge in [0.15, 0.2) is 11.6 Å². The summed E-state index contributed by atoms with van der Waals surface area (Å²) in [5.41, 5.74) is 1.00. The van der Waals surface area contributed by atoms with E-state index in [0.29, 0.717) is 16.9 Å². The van der Waals surface area contributed by atoms with E-state index in [1.54, 1.807) is 0 Å². The van der Waals surface area contributed by atoms with Crippen LogP contribution < -0.4 is 0 Å². The van der Waals surface area contributed by atoms with Crippen molar-refractivity contribution >= 4 is 11.0 Å². The third kappa shape index (κ3) is 1.97. The molecule has 0 bridgehead atoms. The molecule has 0 aliphatic heterocycles. The number of halogens is 2. The highest BCUT2D eigenvalue weighted by Crippen LogP contribution is 2.28. The molecule has 0 amide bonds. The number of phenols is 2. The molecule has 0 radical (unpaired) electrons. The minimum Gasteiger partial charge on any atom is -0.508 e. The summed E-state index contributed by atoms with van der Waals surface area (Å²) in [6.07, 6.45) is 0. The van der Waals surface area contributed by atoms with E-state index in [1.165, 1.54) is 18.2 Å². The molecule has 0 saturated carbocycles. The Morgan fingerprint density at radius 3 is 2.21 bits per heavy atom. The molecule has 0 fully saturated rings. The van der Waals surface area contributed by atoms with Crippen LogP contribution in [-0.2, 0) is 0 Å². The van der Waals surface area contributed by atoms with Crippen molar-refractivity contribution in [3.8, 4) is 22.9 Å². The van der Waals surface area contributed by atoms with E-state index in [0.717, 1.165) is 12.1 Å². The van der Waals surface area contributed by atoms with Gasteiger partial charge in [-0.3, -0.25) is 0 Å². The van der Waals surface area contributed by atoms with Crippen LogP contribution in [0.3, 0.4) is 0 Å². The number of aromatic amines is 1. The number of hydrogen-bond donors (Lipinski definition) is 3. The fourth-order valence-corrected chi connectivity index (χ4v) is 1.87. The summed E-state index contributed by atoms with van der Waals surface area (Å²) >= 11 is 0. The van der Waals surface area contributed by atoms with E-state index in [2.05, 4.69) is 9.97 Å². The van der Waals surface area contributed by atoms with Gasteiger partial charge in [-0.05, 0) is 12.1 Å². The lowest BCUT2D eigenvalue weighted by Gasteiger charge is -1.99. The lowest BCUT2D eigenvalue weighted by molar-refractivity contribution is 0.451. The first-order valence-corrected chi connectivity index (χ1v) is 5.41. The van der Waals surface area contributed by atoms with Crippen molar-refractivity contribution in [1.82, 2.24) is 9.97 Å². The fraction of sp³-hybridized carbons (Fsp3) is 0. The number of benzene rings is 2. The molecular formula is C13H8F2N2O2. The third-order valence-corrected chi connectivity index (χ3v) is 2.70. The number of aromatic hydroxyl groups is 2. The Kier molecular flexibility index (Phi) is 2.38. The molecule has 0 unspecified atom stereocenters. The van der Waals surface area contributed by atoms with E-state index in [9.17, 15) is 19.0 Å². The van der Waals surface area contributed by atoms with Gasteiger partial charge in [-0.2, -0.15) is 0 Å². The van der Waals surface area contributed by atoms with Gasteiger partial charge >= 0.3 is 0 Å². The van der Waals surface area contributed by atoms with Crippen LogP contribution in [0.15, 0.2) is 30.3 Å². The monoisotopic (exact) mass is 262 g/mol. The molecule has 96 valence electrons. The van der Waals surface area contributed by atoms with Crippen LogP contribution in [-0.4, -0.2) is 20.2 Å². The quantitative estimate of drug-likeness (QED) is 0.631. The van der Waals surface area contributed by atoms with Gasteiger partial charge in [0.25, 0.3) is 0 Å². The third-order valence-electron chi connectivity index (χ3n) is 2.70. The number of aromatic nitrogens is 2.